The van der Waals surface area contributed by atoms with Crippen LogP contribution in [0.4, 0.5) is 0 Å². The van der Waals surface area contributed by atoms with Crippen LogP contribution in [0.1, 0.15) is 37.3 Å². The van der Waals surface area contributed by atoms with Gasteiger partial charge in [0.2, 0.25) is 5.28 Å². The summed E-state index contributed by atoms with van der Waals surface area (Å²) in [4.78, 5) is 8.12. The van der Waals surface area contributed by atoms with Crippen molar-refractivity contribution in [3.05, 3.63) is 20.6 Å². The Morgan fingerprint density at radius 2 is 1.79 bits per heavy atom. The summed E-state index contributed by atoms with van der Waals surface area (Å²) in [5, 5.41) is 0.645. The van der Waals surface area contributed by atoms with E-state index in [-0.39, 0.29) is 5.28 Å². The zero-order valence-corrected chi connectivity index (χ0v) is 10.5. The van der Waals surface area contributed by atoms with Crippen LogP contribution >= 0.6 is 39.1 Å². The van der Waals surface area contributed by atoms with Crippen LogP contribution in [-0.2, 0) is 0 Å². The van der Waals surface area contributed by atoms with Crippen molar-refractivity contribution in [2.45, 2.75) is 31.6 Å². The first-order valence-corrected chi connectivity index (χ1v) is 6.12. The molecule has 0 amide bonds. The molecule has 0 N–H and O–H groups in total. The molecule has 5 heteroatoms. The Balaban J connectivity index is 2.40. The number of halogens is 3. The van der Waals surface area contributed by atoms with Crippen LogP contribution in [0, 0.1) is 0 Å². The zero-order valence-electron chi connectivity index (χ0n) is 7.43. The maximum Gasteiger partial charge on any atom is 0.224 e. The number of nitrogens with zero attached hydrogens (tertiary/aromatic N) is 2. The summed E-state index contributed by atoms with van der Waals surface area (Å²) < 4.78 is 0.801. The third-order valence-corrected chi connectivity index (χ3v) is 4.00. The Hall–Kier alpha value is 0.140. The fraction of sp³-hybridized carbons (Fsp3) is 0.556. The van der Waals surface area contributed by atoms with E-state index in [1.807, 2.05) is 0 Å². The minimum atomic E-state index is 0.236. The molecular formula is C9H9BrCl2N2. The summed E-state index contributed by atoms with van der Waals surface area (Å²) in [7, 11) is 0. The molecule has 0 atom stereocenters. The molecule has 1 aliphatic carbocycles. The van der Waals surface area contributed by atoms with Gasteiger partial charge in [-0.2, -0.15) is 0 Å². The van der Waals surface area contributed by atoms with Crippen LogP contribution in [0.5, 0.6) is 0 Å². The summed E-state index contributed by atoms with van der Waals surface area (Å²) in [6, 6.07) is 0. The summed E-state index contributed by atoms with van der Waals surface area (Å²) in [5.41, 5.74) is 0.965. The highest BCUT2D eigenvalue weighted by Gasteiger charge is 2.23. The van der Waals surface area contributed by atoms with E-state index in [9.17, 15) is 0 Å². The van der Waals surface area contributed by atoms with Crippen LogP contribution in [-0.4, -0.2) is 9.97 Å². The van der Waals surface area contributed by atoms with Crippen molar-refractivity contribution in [3.8, 4) is 0 Å². The van der Waals surface area contributed by atoms with Gasteiger partial charge in [-0.05, 0) is 40.4 Å². The molecule has 1 aliphatic rings. The molecule has 1 aromatic rings. The fourth-order valence-electron chi connectivity index (χ4n) is 1.88. The van der Waals surface area contributed by atoms with Gasteiger partial charge in [-0.15, -0.1) is 0 Å². The summed E-state index contributed by atoms with van der Waals surface area (Å²) in [6.07, 6.45) is 4.86. The fourth-order valence-corrected chi connectivity index (χ4v) is 2.78. The van der Waals surface area contributed by atoms with E-state index in [1.54, 1.807) is 0 Å². The lowest BCUT2D eigenvalue weighted by atomic mass is 10.0. The molecule has 1 fully saturated rings. The third kappa shape index (κ3) is 2.05. The van der Waals surface area contributed by atoms with E-state index < -0.39 is 0 Å². The van der Waals surface area contributed by atoms with Crippen LogP contribution in [0.3, 0.4) is 0 Å². The molecule has 1 aromatic heterocycles. The number of rotatable bonds is 1. The molecule has 2 rings (SSSR count). The highest BCUT2D eigenvalue weighted by Crippen LogP contribution is 2.38. The number of aromatic nitrogens is 2. The molecule has 0 aromatic carbocycles. The van der Waals surface area contributed by atoms with E-state index in [0.29, 0.717) is 11.1 Å². The van der Waals surface area contributed by atoms with Crippen LogP contribution in [0.2, 0.25) is 10.4 Å². The standard InChI is InChI=1S/C9H9BrCl2N2/c10-6-7(5-3-1-2-4-5)13-9(12)14-8(6)11/h5H,1-4H2. The Bertz CT molecular complexity index is 351. The van der Waals surface area contributed by atoms with E-state index in [1.165, 1.54) is 25.7 Å². The van der Waals surface area contributed by atoms with Gasteiger partial charge in [0.05, 0.1) is 10.2 Å². The highest BCUT2D eigenvalue weighted by atomic mass is 79.9. The normalized spacial score (nSPS) is 17.6. The third-order valence-electron chi connectivity index (χ3n) is 2.55. The summed E-state index contributed by atoms with van der Waals surface area (Å²) in [5.74, 6) is 0.488. The molecule has 1 heterocycles. The lowest BCUT2D eigenvalue weighted by Gasteiger charge is -2.11. The second-order valence-electron chi connectivity index (χ2n) is 3.46. The maximum absolute atomic E-state index is 5.92. The van der Waals surface area contributed by atoms with Crippen molar-refractivity contribution < 1.29 is 0 Å². The van der Waals surface area contributed by atoms with Crippen molar-refractivity contribution in [1.29, 1.82) is 0 Å². The monoisotopic (exact) mass is 294 g/mol. The van der Waals surface area contributed by atoms with Crippen LogP contribution in [0.15, 0.2) is 4.47 Å². The van der Waals surface area contributed by atoms with Gasteiger partial charge in [0.15, 0.2) is 0 Å². The second-order valence-corrected chi connectivity index (χ2v) is 4.95. The Morgan fingerprint density at radius 1 is 1.14 bits per heavy atom. The van der Waals surface area contributed by atoms with E-state index >= 15 is 0 Å². The smallest absolute Gasteiger partial charge is 0.221 e. The average Bonchev–Trinajstić information content (AvgIpc) is 2.63. The predicted octanol–water partition coefficient (Wildman–Crippen LogP) is 4.20. The quantitative estimate of drug-likeness (QED) is 0.573. The lowest BCUT2D eigenvalue weighted by Crippen LogP contribution is -2.00. The van der Waals surface area contributed by atoms with E-state index in [4.69, 9.17) is 23.2 Å². The minimum absolute atomic E-state index is 0.236. The SMILES string of the molecule is Clc1nc(Cl)c(Br)c(C2CCCC2)n1. The molecule has 0 bridgehead atoms. The van der Waals surface area contributed by atoms with Gasteiger partial charge in [-0.25, -0.2) is 9.97 Å². The summed E-state index contributed by atoms with van der Waals surface area (Å²) in [6.45, 7) is 0. The van der Waals surface area contributed by atoms with E-state index in [0.717, 1.165) is 10.2 Å². The Morgan fingerprint density at radius 3 is 2.43 bits per heavy atom. The van der Waals surface area contributed by atoms with Crippen LogP contribution in [0.25, 0.3) is 0 Å². The topological polar surface area (TPSA) is 25.8 Å². The van der Waals surface area contributed by atoms with Crippen molar-refractivity contribution in [2.24, 2.45) is 0 Å². The van der Waals surface area contributed by atoms with Gasteiger partial charge in [-0.3, -0.25) is 0 Å². The molecule has 0 unspecified atom stereocenters. The van der Waals surface area contributed by atoms with Crippen molar-refractivity contribution in [3.63, 3.8) is 0 Å². The molecule has 0 aliphatic heterocycles. The van der Waals surface area contributed by atoms with Crippen molar-refractivity contribution >= 4 is 39.1 Å². The largest absolute Gasteiger partial charge is 0.224 e. The molecule has 0 spiro atoms. The van der Waals surface area contributed by atoms with E-state index in [2.05, 4.69) is 25.9 Å². The Labute approximate surface area is 101 Å². The maximum atomic E-state index is 5.92. The predicted molar refractivity (Wildman–Crippen MR) is 61.0 cm³/mol. The van der Waals surface area contributed by atoms with Gasteiger partial charge in [0.1, 0.15) is 5.15 Å². The average molecular weight is 296 g/mol. The van der Waals surface area contributed by atoms with Gasteiger partial charge in [-0.1, -0.05) is 24.4 Å². The van der Waals surface area contributed by atoms with Crippen molar-refractivity contribution in [1.82, 2.24) is 9.97 Å². The molecule has 76 valence electrons. The number of hydrogen-bond acceptors (Lipinski definition) is 2. The molecule has 1 saturated carbocycles. The van der Waals surface area contributed by atoms with Crippen molar-refractivity contribution in [2.75, 3.05) is 0 Å². The zero-order chi connectivity index (χ0) is 10.1. The second kappa shape index (κ2) is 4.33. The molecule has 0 radical (unpaired) electrons. The van der Waals surface area contributed by atoms with Gasteiger partial charge >= 0.3 is 0 Å². The van der Waals surface area contributed by atoms with Gasteiger partial charge in [0.25, 0.3) is 0 Å². The van der Waals surface area contributed by atoms with Gasteiger partial charge in [0, 0.05) is 5.92 Å². The highest BCUT2D eigenvalue weighted by molar-refractivity contribution is 9.10. The first kappa shape index (κ1) is 10.7. The summed E-state index contributed by atoms with van der Waals surface area (Å²) >= 11 is 15.1. The lowest BCUT2D eigenvalue weighted by molar-refractivity contribution is 0.689. The van der Waals surface area contributed by atoms with Crippen LogP contribution < -0.4 is 0 Å². The molecule has 0 saturated heterocycles. The minimum Gasteiger partial charge on any atom is -0.221 e. The first-order chi connectivity index (χ1) is 6.68. The Kier molecular flexibility index (Phi) is 3.30. The molecular weight excluding hydrogens is 287 g/mol. The first-order valence-electron chi connectivity index (χ1n) is 4.57. The van der Waals surface area contributed by atoms with Gasteiger partial charge < -0.3 is 0 Å². The number of hydrogen-bond donors (Lipinski definition) is 0. The molecule has 14 heavy (non-hydrogen) atoms. The molecule has 2 nitrogen and oxygen atoms in total.